The minimum atomic E-state index is -0.314. The van der Waals surface area contributed by atoms with Gasteiger partial charge in [-0.3, -0.25) is 14.6 Å². The second-order valence-electron chi connectivity index (χ2n) is 7.27. The Hall–Kier alpha value is -3.69. The number of hydrogen-bond acceptors (Lipinski definition) is 6. The van der Waals surface area contributed by atoms with Gasteiger partial charge in [-0.25, -0.2) is 9.78 Å². The maximum atomic E-state index is 13.0. The summed E-state index contributed by atoms with van der Waals surface area (Å²) in [6.07, 6.45) is 1.59. The molecule has 3 N–H and O–H groups in total. The van der Waals surface area contributed by atoms with E-state index in [0.717, 1.165) is 15.6 Å². The minimum Gasteiger partial charge on any atom is -0.368 e. The number of fused-ring (bicyclic) bond motifs is 2. The van der Waals surface area contributed by atoms with Crippen LogP contribution in [0.1, 0.15) is 15.2 Å². The zero-order valence-corrected chi connectivity index (χ0v) is 18.4. The van der Waals surface area contributed by atoms with E-state index in [1.54, 1.807) is 31.4 Å². The number of hydrogen-bond donors (Lipinski definition) is 2. The SMILES string of the molecule is CN1C(=O)N(c2cc(NC(=O)c3cc4ccccc4s3)ccc2Cl)Cc2cnc(N)nc21. The first-order valence-electron chi connectivity index (χ1n) is 9.67. The molecule has 5 rings (SSSR count). The summed E-state index contributed by atoms with van der Waals surface area (Å²) < 4.78 is 1.04. The highest BCUT2D eigenvalue weighted by molar-refractivity contribution is 7.20. The quantitative estimate of drug-likeness (QED) is 0.455. The summed E-state index contributed by atoms with van der Waals surface area (Å²) in [7, 11) is 1.61. The normalized spacial score (nSPS) is 13.4. The van der Waals surface area contributed by atoms with Crippen LogP contribution >= 0.6 is 22.9 Å². The van der Waals surface area contributed by atoms with Crippen LogP contribution in [0.25, 0.3) is 10.1 Å². The van der Waals surface area contributed by atoms with E-state index in [1.807, 2.05) is 30.3 Å². The van der Waals surface area contributed by atoms with Gasteiger partial charge in [0.25, 0.3) is 5.91 Å². The Labute approximate surface area is 192 Å². The summed E-state index contributed by atoms with van der Waals surface area (Å²) in [5.41, 5.74) is 7.40. The molecule has 3 amide bonds. The lowest BCUT2D eigenvalue weighted by Gasteiger charge is -2.34. The largest absolute Gasteiger partial charge is 0.368 e. The fourth-order valence-electron chi connectivity index (χ4n) is 3.59. The average Bonchev–Trinajstić information content (AvgIpc) is 3.23. The molecule has 0 fully saturated rings. The second-order valence-corrected chi connectivity index (χ2v) is 8.76. The molecule has 0 radical (unpaired) electrons. The number of carbonyl (C=O) groups excluding carboxylic acids is 2. The van der Waals surface area contributed by atoms with E-state index >= 15 is 0 Å². The number of anilines is 4. The van der Waals surface area contributed by atoms with Crippen molar-refractivity contribution in [2.24, 2.45) is 0 Å². The van der Waals surface area contributed by atoms with Crippen molar-refractivity contribution in [1.29, 1.82) is 0 Å². The summed E-state index contributed by atoms with van der Waals surface area (Å²) in [5, 5.41) is 4.30. The molecule has 0 spiro atoms. The minimum absolute atomic E-state index is 0.0980. The van der Waals surface area contributed by atoms with Gasteiger partial charge in [-0.1, -0.05) is 29.8 Å². The molecule has 0 unspecified atom stereocenters. The number of aromatic nitrogens is 2. The highest BCUT2D eigenvalue weighted by Crippen LogP contribution is 2.35. The molecule has 0 atom stereocenters. The van der Waals surface area contributed by atoms with E-state index in [1.165, 1.54) is 21.1 Å². The van der Waals surface area contributed by atoms with Crippen LogP contribution in [0, 0.1) is 0 Å². The van der Waals surface area contributed by atoms with Crippen LogP contribution in [0.15, 0.2) is 54.7 Å². The Morgan fingerprint density at radius 1 is 1.22 bits per heavy atom. The van der Waals surface area contributed by atoms with Crippen molar-refractivity contribution in [2.45, 2.75) is 6.54 Å². The Bertz CT molecular complexity index is 1360. The molecule has 4 aromatic rings. The highest BCUT2D eigenvalue weighted by Gasteiger charge is 2.31. The first kappa shape index (κ1) is 20.2. The van der Waals surface area contributed by atoms with Gasteiger partial charge in [-0.2, -0.15) is 4.98 Å². The molecule has 1 aliphatic heterocycles. The molecule has 0 saturated carbocycles. The summed E-state index contributed by atoms with van der Waals surface area (Å²) in [5.74, 6) is 0.334. The van der Waals surface area contributed by atoms with E-state index in [0.29, 0.717) is 27.1 Å². The van der Waals surface area contributed by atoms with Gasteiger partial charge < -0.3 is 11.1 Å². The van der Waals surface area contributed by atoms with Crippen LogP contribution in [0.5, 0.6) is 0 Å². The summed E-state index contributed by atoms with van der Waals surface area (Å²) in [6.45, 7) is 0.228. The molecular formula is C22H17ClN6O2S. The number of thiophene rings is 1. The number of carbonyl (C=O) groups is 2. The maximum absolute atomic E-state index is 13.0. The van der Waals surface area contributed by atoms with E-state index in [2.05, 4.69) is 15.3 Å². The fraction of sp³-hybridized carbons (Fsp3) is 0.0909. The third kappa shape index (κ3) is 3.51. The second kappa shape index (κ2) is 7.77. The van der Waals surface area contributed by atoms with Gasteiger partial charge in [0.15, 0.2) is 0 Å². The van der Waals surface area contributed by atoms with Crippen molar-refractivity contribution < 1.29 is 9.59 Å². The summed E-state index contributed by atoms with van der Waals surface area (Å²) in [6, 6.07) is 14.4. The van der Waals surface area contributed by atoms with Gasteiger partial charge in [-0.15, -0.1) is 11.3 Å². The number of benzene rings is 2. The molecule has 2 aromatic carbocycles. The Balaban J connectivity index is 1.44. The molecular weight excluding hydrogens is 448 g/mol. The number of nitrogens with two attached hydrogens (primary N) is 1. The topological polar surface area (TPSA) is 104 Å². The van der Waals surface area contributed by atoms with E-state index in [4.69, 9.17) is 17.3 Å². The van der Waals surface area contributed by atoms with Crippen LogP contribution in [0.3, 0.4) is 0 Å². The van der Waals surface area contributed by atoms with Gasteiger partial charge in [-0.05, 0) is 35.7 Å². The molecule has 2 aromatic heterocycles. The predicted molar refractivity (Wildman–Crippen MR) is 128 cm³/mol. The molecule has 8 nitrogen and oxygen atoms in total. The van der Waals surface area contributed by atoms with Crippen LogP contribution in [0.2, 0.25) is 5.02 Å². The van der Waals surface area contributed by atoms with Crippen molar-refractivity contribution in [1.82, 2.24) is 9.97 Å². The molecule has 0 saturated heterocycles. The highest BCUT2D eigenvalue weighted by atomic mass is 35.5. The van der Waals surface area contributed by atoms with E-state index in [9.17, 15) is 9.59 Å². The number of rotatable bonds is 3. The van der Waals surface area contributed by atoms with Crippen molar-refractivity contribution in [2.75, 3.05) is 27.9 Å². The molecule has 0 aliphatic carbocycles. The third-order valence-corrected chi connectivity index (χ3v) is 6.60. The average molecular weight is 465 g/mol. The zero-order valence-electron chi connectivity index (χ0n) is 16.9. The van der Waals surface area contributed by atoms with E-state index in [-0.39, 0.29) is 24.4 Å². The van der Waals surface area contributed by atoms with Crippen LogP contribution in [0.4, 0.5) is 27.9 Å². The summed E-state index contributed by atoms with van der Waals surface area (Å²) in [4.78, 5) is 37.5. The maximum Gasteiger partial charge on any atom is 0.330 e. The predicted octanol–water partition coefficient (Wildman–Crippen LogP) is 4.76. The van der Waals surface area contributed by atoms with Gasteiger partial charge in [0.1, 0.15) is 5.82 Å². The van der Waals surface area contributed by atoms with Crippen molar-refractivity contribution in [3.05, 3.63) is 70.2 Å². The van der Waals surface area contributed by atoms with E-state index < -0.39 is 0 Å². The lowest BCUT2D eigenvalue weighted by molar-refractivity contribution is 0.103. The number of halogens is 1. The van der Waals surface area contributed by atoms with Crippen molar-refractivity contribution >= 4 is 68.1 Å². The van der Waals surface area contributed by atoms with Gasteiger partial charge >= 0.3 is 6.03 Å². The number of amides is 3. The Kier molecular flexibility index (Phi) is 4.91. The molecule has 3 heterocycles. The number of nitrogens with one attached hydrogen (secondary N) is 1. The first-order valence-corrected chi connectivity index (χ1v) is 10.9. The van der Waals surface area contributed by atoms with Crippen LogP contribution in [-0.2, 0) is 6.54 Å². The zero-order chi connectivity index (χ0) is 22.4. The molecule has 160 valence electrons. The van der Waals surface area contributed by atoms with Gasteiger partial charge in [0.05, 0.1) is 22.1 Å². The molecule has 10 heteroatoms. The Morgan fingerprint density at radius 3 is 2.84 bits per heavy atom. The van der Waals surface area contributed by atoms with Gasteiger partial charge in [0.2, 0.25) is 5.95 Å². The third-order valence-electron chi connectivity index (χ3n) is 5.17. The molecule has 32 heavy (non-hydrogen) atoms. The smallest absolute Gasteiger partial charge is 0.330 e. The van der Waals surface area contributed by atoms with Gasteiger partial charge in [0, 0.05) is 29.2 Å². The van der Waals surface area contributed by atoms with Crippen LogP contribution in [-0.4, -0.2) is 29.0 Å². The monoisotopic (exact) mass is 464 g/mol. The number of urea groups is 1. The fourth-order valence-corrected chi connectivity index (χ4v) is 4.77. The summed E-state index contributed by atoms with van der Waals surface area (Å²) >= 11 is 7.85. The number of nitrogens with zero attached hydrogens (tertiary/aromatic N) is 4. The van der Waals surface area contributed by atoms with Crippen molar-refractivity contribution in [3.8, 4) is 0 Å². The number of nitrogen functional groups attached to an aromatic ring is 1. The lowest BCUT2D eigenvalue weighted by atomic mass is 10.2. The lowest BCUT2D eigenvalue weighted by Crippen LogP contribution is -2.46. The van der Waals surface area contributed by atoms with Crippen molar-refractivity contribution in [3.63, 3.8) is 0 Å². The Morgan fingerprint density at radius 2 is 2.03 bits per heavy atom. The van der Waals surface area contributed by atoms with Crippen LogP contribution < -0.4 is 20.9 Å². The first-order chi connectivity index (χ1) is 15.4. The standard InChI is InChI=1S/C22H17ClN6O2S/c1-28-19-13(10-25-21(24)27-19)11-29(22(28)31)16-9-14(6-7-15(16)23)26-20(30)18-8-12-4-2-3-5-17(12)32-18/h2-10H,11H2,1H3,(H,26,30)(H2,24,25,27). The molecule has 1 aliphatic rings. The molecule has 0 bridgehead atoms.